The maximum atomic E-state index is 12.7. The number of hydrogen-bond acceptors (Lipinski definition) is 9. The summed E-state index contributed by atoms with van der Waals surface area (Å²) in [6.07, 6.45) is 4.06. The minimum atomic E-state index is -1.32. The first-order chi connectivity index (χ1) is 14.3. The lowest BCUT2D eigenvalue weighted by Crippen LogP contribution is -2.57. The van der Waals surface area contributed by atoms with Crippen molar-refractivity contribution in [3.05, 3.63) is 0 Å². The highest BCUT2D eigenvalue weighted by molar-refractivity contribution is 5.94. The Morgan fingerprint density at radius 2 is 1.67 bits per heavy atom. The summed E-state index contributed by atoms with van der Waals surface area (Å²) in [6, 6.07) is -4.15. The Morgan fingerprint density at radius 1 is 1.00 bits per heavy atom. The van der Waals surface area contributed by atoms with E-state index in [9.17, 15) is 29.4 Å². The van der Waals surface area contributed by atoms with Gasteiger partial charge in [-0.3, -0.25) is 19.4 Å². The SMILES string of the molecule is NCCCC[C@H](NC(=O)[C@H](CC1C=NC=N1)NC(=O)[C@H](CO)NC(=O)CN)C(=O)O. The van der Waals surface area contributed by atoms with Crippen molar-refractivity contribution in [2.75, 3.05) is 19.7 Å². The van der Waals surface area contributed by atoms with E-state index < -0.39 is 54.5 Å². The number of carboxylic acid groups (broad SMARTS) is 1. The van der Waals surface area contributed by atoms with Gasteiger partial charge in [-0.25, -0.2) is 9.79 Å². The van der Waals surface area contributed by atoms with Crippen LogP contribution in [0, 0.1) is 0 Å². The molecule has 168 valence electrons. The zero-order valence-corrected chi connectivity index (χ0v) is 16.5. The topological polar surface area (TPSA) is 222 Å². The van der Waals surface area contributed by atoms with Crippen LogP contribution in [-0.2, 0) is 19.2 Å². The van der Waals surface area contributed by atoms with Gasteiger partial charge in [0.05, 0.1) is 19.2 Å². The van der Waals surface area contributed by atoms with Gasteiger partial charge in [0.1, 0.15) is 24.5 Å². The summed E-state index contributed by atoms with van der Waals surface area (Å²) >= 11 is 0. The molecule has 0 saturated heterocycles. The van der Waals surface area contributed by atoms with E-state index in [4.69, 9.17) is 11.5 Å². The Kier molecular flexibility index (Phi) is 11.2. The zero-order valence-electron chi connectivity index (χ0n) is 16.5. The van der Waals surface area contributed by atoms with Crippen molar-refractivity contribution in [2.24, 2.45) is 21.5 Å². The molecule has 13 heteroatoms. The number of hydrogen-bond donors (Lipinski definition) is 7. The minimum Gasteiger partial charge on any atom is -0.480 e. The number of aliphatic carboxylic acids is 1. The van der Waals surface area contributed by atoms with E-state index in [2.05, 4.69) is 25.9 Å². The van der Waals surface area contributed by atoms with Crippen LogP contribution in [0.1, 0.15) is 25.7 Å². The number of unbranched alkanes of at least 4 members (excludes halogenated alkanes) is 1. The van der Waals surface area contributed by atoms with Crippen molar-refractivity contribution in [3.63, 3.8) is 0 Å². The largest absolute Gasteiger partial charge is 0.480 e. The molecule has 0 aromatic heterocycles. The van der Waals surface area contributed by atoms with Gasteiger partial charge in [-0.1, -0.05) is 0 Å². The molecule has 13 nitrogen and oxygen atoms in total. The number of aliphatic imine (C=N–C) groups is 2. The van der Waals surface area contributed by atoms with Crippen LogP contribution in [0.4, 0.5) is 0 Å². The number of carbonyl (C=O) groups excluding carboxylic acids is 3. The fraction of sp³-hybridized carbons (Fsp3) is 0.647. The van der Waals surface area contributed by atoms with Gasteiger partial charge in [0.2, 0.25) is 17.7 Å². The van der Waals surface area contributed by atoms with E-state index in [0.717, 1.165) is 0 Å². The molecular formula is C17H29N7O6. The van der Waals surface area contributed by atoms with Gasteiger partial charge in [0, 0.05) is 12.6 Å². The second-order valence-electron chi connectivity index (χ2n) is 6.62. The van der Waals surface area contributed by atoms with Crippen LogP contribution in [-0.4, -0.2) is 90.3 Å². The van der Waals surface area contributed by atoms with Crippen molar-refractivity contribution in [1.82, 2.24) is 16.0 Å². The predicted molar refractivity (Wildman–Crippen MR) is 108 cm³/mol. The lowest BCUT2D eigenvalue weighted by atomic mass is 10.0. The van der Waals surface area contributed by atoms with E-state index >= 15 is 0 Å². The molecule has 9 N–H and O–H groups in total. The average molecular weight is 427 g/mol. The Morgan fingerprint density at radius 3 is 2.20 bits per heavy atom. The number of nitrogens with one attached hydrogen (secondary N) is 3. The van der Waals surface area contributed by atoms with E-state index in [0.29, 0.717) is 19.4 Å². The van der Waals surface area contributed by atoms with Gasteiger partial charge in [0.25, 0.3) is 0 Å². The zero-order chi connectivity index (χ0) is 22.5. The molecule has 3 amide bonds. The summed E-state index contributed by atoms with van der Waals surface area (Å²) in [4.78, 5) is 55.9. The van der Waals surface area contributed by atoms with Crippen LogP contribution in [0.5, 0.6) is 0 Å². The molecule has 0 bridgehead atoms. The predicted octanol–water partition coefficient (Wildman–Crippen LogP) is -3.52. The standard InChI is InChI=1S/C17H29N7O6/c18-4-2-1-3-11(17(29)30)23-15(27)12(5-10-7-20-9-21-10)24-16(28)13(8-25)22-14(26)6-19/h7,9-13,25H,1-6,8,18-19H2,(H,22,26)(H,23,27)(H,24,28)(H,29,30)/t10?,11-,12-,13-/m0/s1. The Balaban J connectivity index is 2.86. The van der Waals surface area contributed by atoms with Crippen molar-refractivity contribution >= 4 is 36.2 Å². The molecule has 1 rings (SSSR count). The number of rotatable bonds is 14. The highest BCUT2D eigenvalue weighted by Gasteiger charge is 2.30. The molecule has 0 aromatic carbocycles. The average Bonchev–Trinajstić information content (AvgIpc) is 3.23. The van der Waals surface area contributed by atoms with Crippen molar-refractivity contribution in [2.45, 2.75) is 49.9 Å². The first kappa shape index (κ1) is 25.1. The third-order valence-electron chi connectivity index (χ3n) is 4.27. The molecule has 0 radical (unpaired) electrons. The van der Waals surface area contributed by atoms with Gasteiger partial charge in [-0.2, -0.15) is 0 Å². The first-order valence-corrected chi connectivity index (χ1v) is 9.51. The number of carbonyl (C=O) groups is 4. The molecule has 1 heterocycles. The van der Waals surface area contributed by atoms with Gasteiger partial charge in [-0.05, 0) is 25.8 Å². The van der Waals surface area contributed by atoms with Crippen molar-refractivity contribution in [3.8, 4) is 0 Å². The molecule has 1 aliphatic rings. The number of aliphatic hydroxyl groups is 1. The summed E-state index contributed by atoms with van der Waals surface area (Å²) in [5.74, 6) is -3.44. The van der Waals surface area contributed by atoms with Crippen LogP contribution in [0.3, 0.4) is 0 Å². The van der Waals surface area contributed by atoms with Crippen LogP contribution in [0.25, 0.3) is 0 Å². The number of aliphatic hydroxyl groups excluding tert-OH is 1. The molecule has 4 atom stereocenters. The van der Waals surface area contributed by atoms with Crippen molar-refractivity contribution < 1.29 is 29.4 Å². The highest BCUT2D eigenvalue weighted by Crippen LogP contribution is 2.07. The third kappa shape index (κ3) is 8.63. The van der Waals surface area contributed by atoms with Crippen molar-refractivity contribution in [1.29, 1.82) is 0 Å². The monoisotopic (exact) mass is 427 g/mol. The normalized spacial score (nSPS) is 17.8. The molecule has 0 spiro atoms. The first-order valence-electron chi connectivity index (χ1n) is 9.51. The maximum absolute atomic E-state index is 12.7. The summed E-state index contributed by atoms with van der Waals surface area (Å²) < 4.78 is 0. The van der Waals surface area contributed by atoms with E-state index in [-0.39, 0.29) is 19.4 Å². The van der Waals surface area contributed by atoms with Gasteiger partial charge >= 0.3 is 5.97 Å². The molecule has 0 saturated carbocycles. The Bertz CT molecular complexity index is 657. The molecule has 0 fully saturated rings. The van der Waals surface area contributed by atoms with Gasteiger partial charge in [0.15, 0.2) is 0 Å². The number of carboxylic acids is 1. The lowest BCUT2D eigenvalue weighted by molar-refractivity contribution is -0.142. The third-order valence-corrected chi connectivity index (χ3v) is 4.27. The van der Waals surface area contributed by atoms with Crippen LogP contribution < -0.4 is 27.4 Å². The summed E-state index contributed by atoms with van der Waals surface area (Å²) in [5.41, 5.74) is 10.6. The van der Waals surface area contributed by atoms with E-state index in [1.54, 1.807) is 0 Å². The molecule has 0 aliphatic carbocycles. The number of nitrogens with two attached hydrogens (primary N) is 2. The fourth-order valence-corrected chi connectivity index (χ4v) is 2.64. The molecule has 30 heavy (non-hydrogen) atoms. The Hall–Kier alpha value is -2.90. The summed E-state index contributed by atoms with van der Waals surface area (Å²) in [6.45, 7) is -0.703. The number of nitrogens with zero attached hydrogens (tertiary/aromatic N) is 2. The molecule has 1 unspecified atom stereocenters. The maximum Gasteiger partial charge on any atom is 0.326 e. The second kappa shape index (κ2) is 13.3. The van der Waals surface area contributed by atoms with Crippen LogP contribution in [0.15, 0.2) is 9.98 Å². The summed E-state index contributed by atoms with van der Waals surface area (Å²) in [7, 11) is 0. The second-order valence-corrected chi connectivity index (χ2v) is 6.62. The highest BCUT2D eigenvalue weighted by atomic mass is 16.4. The Labute approximate surface area is 173 Å². The molecular weight excluding hydrogens is 398 g/mol. The number of amides is 3. The smallest absolute Gasteiger partial charge is 0.326 e. The minimum absolute atomic E-state index is 0.00962. The van der Waals surface area contributed by atoms with Crippen LogP contribution in [0.2, 0.25) is 0 Å². The molecule has 1 aliphatic heterocycles. The quantitative estimate of drug-likeness (QED) is 0.137. The van der Waals surface area contributed by atoms with E-state index in [1.165, 1.54) is 12.6 Å². The van der Waals surface area contributed by atoms with Gasteiger partial charge < -0.3 is 37.6 Å². The van der Waals surface area contributed by atoms with Crippen LogP contribution >= 0.6 is 0 Å². The molecule has 0 aromatic rings. The van der Waals surface area contributed by atoms with Gasteiger partial charge in [-0.15, -0.1) is 0 Å². The van der Waals surface area contributed by atoms with E-state index in [1.807, 2.05) is 0 Å². The summed E-state index contributed by atoms with van der Waals surface area (Å²) in [5, 5.41) is 25.8. The fourth-order valence-electron chi connectivity index (χ4n) is 2.64. The lowest BCUT2D eigenvalue weighted by Gasteiger charge is -2.24.